The average molecular weight is 261 g/mol. The zero-order valence-corrected chi connectivity index (χ0v) is 9.69. The Morgan fingerprint density at radius 3 is 2.63 bits per heavy atom. The van der Waals surface area contributed by atoms with E-state index in [0.717, 1.165) is 18.2 Å². The van der Waals surface area contributed by atoms with Crippen LogP contribution in [-0.2, 0) is 0 Å². The molecular formula is C14H9F2NO2. The van der Waals surface area contributed by atoms with Gasteiger partial charge >= 0.3 is 0 Å². The normalized spacial score (nSPS) is 10.0. The molecule has 0 saturated heterocycles. The van der Waals surface area contributed by atoms with Crippen molar-refractivity contribution < 1.29 is 18.4 Å². The highest BCUT2D eigenvalue weighted by Gasteiger charge is 2.13. The smallest absolute Gasteiger partial charge is 0.258 e. The molecule has 2 aromatic carbocycles. The van der Waals surface area contributed by atoms with Crippen LogP contribution >= 0.6 is 0 Å². The van der Waals surface area contributed by atoms with Crippen molar-refractivity contribution in [3.8, 4) is 0 Å². The summed E-state index contributed by atoms with van der Waals surface area (Å²) in [6.07, 6.45) is 0.623. The van der Waals surface area contributed by atoms with Crippen molar-refractivity contribution in [3.05, 3.63) is 65.2 Å². The Labute approximate surface area is 107 Å². The lowest BCUT2D eigenvalue weighted by Crippen LogP contribution is -2.14. The fourth-order valence-corrected chi connectivity index (χ4v) is 1.56. The molecule has 0 spiro atoms. The molecule has 0 aliphatic rings. The van der Waals surface area contributed by atoms with Crippen LogP contribution < -0.4 is 5.32 Å². The highest BCUT2D eigenvalue weighted by atomic mass is 19.1. The quantitative estimate of drug-likeness (QED) is 0.863. The first-order chi connectivity index (χ1) is 9.10. The largest absolute Gasteiger partial charge is 0.322 e. The van der Waals surface area contributed by atoms with Gasteiger partial charge in [0.2, 0.25) is 0 Å². The third-order valence-electron chi connectivity index (χ3n) is 2.45. The van der Waals surface area contributed by atoms with Crippen LogP contribution in [0, 0.1) is 11.6 Å². The predicted molar refractivity (Wildman–Crippen MR) is 66.1 cm³/mol. The van der Waals surface area contributed by atoms with Crippen molar-refractivity contribution in [2.45, 2.75) is 0 Å². The number of anilines is 1. The summed E-state index contributed by atoms with van der Waals surface area (Å²) < 4.78 is 26.4. The fraction of sp³-hybridized carbons (Fsp3) is 0. The van der Waals surface area contributed by atoms with Gasteiger partial charge in [-0.05, 0) is 30.3 Å². The molecule has 0 aliphatic heterocycles. The van der Waals surface area contributed by atoms with Gasteiger partial charge in [0.15, 0.2) is 0 Å². The number of rotatable bonds is 3. The molecule has 1 N–H and O–H groups in total. The van der Waals surface area contributed by atoms with E-state index in [1.54, 1.807) is 18.2 Å². The minimum Gasteiger partial charge on any atom is -0.322 e. The van der Waals surface area contributed by atoms with Gasteiger partial charge in [-0.15, -0.1) is 0 Å². The number of nitrogens with one attached hydrogen (secondary N) is 1. The number of carbonyl (C=O) groups is 2. The number of carbonyl (C=O) groups excluding carboxylic acids is 2. The zero-order valence-electron chi connectivity index (χ0n) is 9.69. The lowest BCUT2D eigenvalue weighted by atomic mass is 10.1. The lowest BCUT2D eigenvalue weighted by Gasteiger charge is -2.06. The summed E-state index contributed by atoms with van der Waals surface area (Å²) in [7, 11) is 0. The Bertz CT molecular complexity index is 641. The van der Waals surface area contributed by atoms with Gasteiger partial charge in [0.1, 0.15) is 17.9 Å². The fourth-order valence-electron chi connectivity index (χ4n) is 1.56. The third-order valence-corrected chi connectivity index (χ3v) is 2.45. The van der Waals surface area contributed by atoms with Gasteiger partial charge in [-0.25, -0.2) is 8.78 Å². The third kappa shape index (κ3) is 3.01. The highest BCUT2D eigenvalue weighted by molar-refractivity contribution is 6.04. The summed E-state index contributed by atoms with van der Waals surface area (Å²) in [6.45, 7) is 0. The molecule has 2 rings (SSSR count). The molecule has 0 bridgehead atoms. The predicted octanol–water partition coefficient (Wildman–Crippen LogP) is 3.03. The molecule has 5 heteroatoms. The zero-order chi connectivity index (χ0) is 13.8. The molecule has 0 heterocycles. The van der Waals surface area contributed by atoms with E-state index >= 15 is 0 Å². The van der Waals surface area contributed by atoms with Gasteiger partial charge in [0, 0.05) is 11.3 Å². The van der Waals surface area contributed by atoms with Gasteiger partial charge < -0.3 is 5.32 Å². The van der Waals surface area contributed by atoms with Crippen molar-refractivity contribution in [2.24, 2.45) is 0 Å². The van der Waals surface area contributed by atoms with E-state index in [-0.39, 0.29) is 0 Å². The maximum absolute atomic E-state index is 13.4. The van der Waals surface area contributed by atoms with Crippen molar-refractivity contribution in [1.29, 1.82) is 0 Å². The van der Waals surface area contributed by atoms with E-state index in [1.165, 1.54) is 6.07 Å². The van der Waals surface area contributed by atoms with Gasteiger partial charge in [0.25, 0.3) is 5.91 Å². The van der Waals surface area contributed by atoms with Gasteiger partial charge in [-0.3, -0.25) is 9.59 Å². The summed E-state index contributed by atoms with van der Waals surface area (Å²) in [5, 5.41) is 2.40. The monoisotopic (exact) mass is 261 g/mol. The van der Waals surface area contributed by atoms with Crippen LogP contribution in [0.25, 0.3) is 0 Å². The summed E-state index contributed by atoms with van der Waals surface area (Å²) in [5.74, 6) is -2.29. The molecule has 0 aromatic heterocycles. The number of halogens is 2. The number of benzene rings is 2. The SMILES string of the molecule is O=Cc1cccc(NC(=O)c2cc(F)ccc2F)c1. The second-order valence-corrected chi connectivity index (χ2v) is 3.82. The maximum Gasteiger partial charge on any atom is 0.258 e. The van der Waals surface area contributed by atoms with Crippen LogP contribution in [0.2, 0.25) is 0 Å². The standard InChI is InChI=1S/C14H9F2NO2/c15-10-4-5-13(16)12(7-10)14(19)17-11-3-1-2-9(6-11)8-18/h1-8H,(H,17,19). The van der Waals surface area contributed by atoms with Crippen molar-refractivity contribution >= 4 is 17.9 Å². The van der Waals surface area contributed by atoms with Gasteiger partial charge in [0.05, 0.1) is 5.56 Å². The molecule has 0 radical (unpaired) electrons. The van der Waals surface area contributed by atoms with Gasteiger partial charge in [-0.1, -0.05) is 12.1 Å². The second kappa shape index (κ2) is 5.39. The van der Waals surface area contributed by atoms with E-state index in [2.05, 4.69) is 5.32 Å². The molecule has 19 heavy (non-hydrogen) atoms. The molecule has 2 aromatic rings. The van der Waals surface area contributed by atoms with E-state index in [1.807, 2.05) is 0 Å². The molecule has 0 fully saturated rings. The van der Waals surface area contributed by atoms with E-state index < -0.39 is 23.1 Å². The number of hydrogen-bond donors (Lipinski definition) is 1. The molecule has 0 aliphatic carbocycles. The van der Waals surface area contributed by atoms with E-state index in [9.17, 15) is 18.4 Å². The Kier molecular flexibility index (Phi) is 3.66. The van der Waals surface area contributed by atoms with E-state index in [0.29, 0.717) is 17.5 Å². The molecule has 0 atom stereocenters. The Hall–Kier alpha value is -2.56. The first kappa shape index (κ1) is 12.9. The molecule has 96 valence electrons. The summed E-state index contributed by atoms with van der Waals surface area (Å²) in [4.78, 5) is 22.4. The Morgan fingerprint density at radius 1 is 1.11 bits per heavy atom. The second-order valence-electron chi connectivity index (χ2n) is 3.82. The summed E-state index contributed by atoms with van der Waals surface area (Å²) in [6, 6.07) is 8.73. The minimum absolute atomic E-state index is 0.332. The molecule has 0 unspecified atom stereocenters. The molecule has 3 nitrogen and oxygen atoms in total. The van der Waals surface area contributed by atoms with Crippen LogP contribution in [0.3, 0.4) is 0 Å². The van der Waals surface area contributed by atoms with Crippen molar-refractivity contribution in [3.63, 3.8) is 0 Å². The lowest BCUT2D eigenvalue weighted by molar-refractivity contribution is 0.102. The molecular weight excluding hydrogens is 252 g/mol. The highest BCUT2D eigenvalue weighted by Crippen LogP contribution is 2.14. The topological polar surface area (TPSA) is 46.2 Å². The van der Waals surface area contributed by atoms with Crippen molar-refractivity contribution in [2.75, 3.05) is 5.32 Å². The van der Waals surface area contributed by atoms with Gasteiger partial charge in [-0.2, -0.15) is 0 Å². The number of hydrogen-bond acceptors (Lipinski definition) is 2. The molecule has 1 amide bonds. The number of aldehydes is 1. The van der Waals surface area contributed by atoms with Crippen LogP contribution in [0.4, 0.5) is 14.5 Å². The molecule has 0 saturated carbocycles. The Balaban J connectivity index is 2.25. The van der Waals surface area contributed by atoms with Crippen molar-refractivity contribution in [1.82, 2.24) is 0 Å². The van der Waals surface area contributed by atoms with Crippen LogP contribution in [0.1, 0.15) is 20.7 Å². The summed E-state index contributed by atoms with van der Waals surface area (Å²) in [5.41, 5.74) is 0.312. The average Bonchev–Trinajstić information content (AvgIpc) is 2.41. The van der Waals surface area contributed by atoms with Crippen LogP contribution in [-0.4, -0.2) is 12.2 Å². The van der Waals surface area contributed by atoms with Crippen LogP contribution in [0.5, 0.6) is 0 Å². The first-order valence-corrected chi connectivity index (χ1v) is 5.42. The minimum atomic E-state index is -0.814. The van der Waals surface area contributed by atoms with Crippen LogP contribution in [0.15, 0.2) is 42.5 Å². The first-order valence-electron chi connectivity index (χ1n) is 5.42. The van der Waals surface area contributed by atoms with E-state index in [4.69, 9.17) is 0 Å². The summed E-state index contributed by atoms with van der Waals surface area (Å²) >= 11 is 0. The number of amides is 1. The Morgan fingerprint density at radius 2 is 1.89 bits per heavy atom. The maximum atomic E-state index is 13.4.